The number of ether oxygens (including phenoxy) is 1. The Balaban J connectivity index is 2.05. The lowest BCUT2D eigenvalue weighted by molar-refractivity contribution is 0.00451. The maximum atomic E-state index is 5.73. The van der Waals surface area contributed by atoms with E-state index in [2.05, 4.69) is 31.7 Å². The van der Waals surface area contributed by atoms with Crippen LogP contribution in [-0.2, 0) is 11.8 Å². The fourth-order valence-electron chi connectivity index (χ4n) is 2.22. The Labute approximate surface area is 109 Å². The van der Waals surface area contributed by atoms with Crippen LogP contribution in [0.4, 0.5) is 0 Å². The second-order valence-corrected chi connectivity index (χ2v) is 5.08. The minimum atomic E-state index is 0.00692. The Morgan fingerprint density at radius 2 is 2.47 bits per heavy atom. The molecule has 6 nitrogen and oxygen atoms in total. The van der Waals surface area contributed by atoms with Crippen molar-refractivity contribution in [3.63, 3.8) is 0 Å². The molecule has 7 heteroatoms. The van der Waals surface area contributed by atoms with Gasteiger partial charge in [0.1, 0.15) is 0 Å². The van der Waals surface area contributed by atoms with Gasteiger partial charge in [0.15, 0.2) is 4.60 Å². The van der Waals surface area contributed by atoms with E-state index in [1.54, 1.807) is 4.68 Å². The summed E-state index contributed by atoms with van der Waals surface area (Å²) in [6.45, 7) is 0.854. The summed E-state index contributed by atoms with van der Waals surface area (Å²) in [5.41, 5.74) is 3.78. The predicted octanol–water partition coefficient (Wildman–Crippen LogP) is 1.04. The molecule has 0 amide bonds. The standard InChI is InChI=1S/C10H18BrN5O/c1-16-9(10(11)14-15-16)8(13-12)6-7-4-2-3-5-17-7/h7-8,13H,2-6,12H2,1H3. The van der Waals surface area contributed by atoms with Crippen LogP contribution in [0.1, 0.15) is 37.4 Å². The maximum Gasteiger partial charge on any atom is 0.153 e. The molecule has 3 N–H and O–H groups in total. The topological polar surface area (TPSA) is 78.0 Å². The second kappa shape index (κ2) is 5.90. The van der Waals surface area contributed by atoms with Gasteiger partial charge in [0.2, 0.25) is 0 Å². The third-order valence-corrected chi connectivity index (χ3v) is 3.70. The number of nitrogens with two attached hydrogens (primary N) is 1. The van der Waals surface area contributed by atoms with Crippen LogP contribution in [-0.4, -0.2) is 27.7 Å². The Hall–Kier alpha value is -0.500. The van der Waals surface area contributed by atoms with Crippen LogP contribution in [0, 0.1) is 0 Å². The summed E-state index contributed by atoms with van der Waals surface area (Å²) in [6, 6.07) is 0.00692. The molecule has 2 rings (SSSR count). The zero-order valence-corrected chi connectivity index (χ0v) is 11.5. The van der Waals surface area contributed by atoms with Gasteiger partial charge < -0.3 is 4.74 Å². The first-order chi connectivity index (χ1) is 8.22. The molecule has 2 atom stereocenters. The van der Waals surface area contributed by atoms with Crippen molar-refractivity contribution in [1.29, 1.82) is 0 Å². The molecule has 17 heavy (non-hydrogen) atoms. The Bertz CT molecular complexity index is 344. The highest BCUT2D eigenvalue weighted by Gasteiger charge is 2.24. The minimum Gasteiger partial charge on any atom is -0.378 e. The first kappa shape index (κ1) is 12.9. The van der Waals surface area contributed by atoms with E-state index in [9.17, 15) is 0 Å². The van der Waals surface area contributed by atoms with E-state index < -0.39 is 0 Å². The number of nitrogens with zero attached hydrogens (tertiary/aromatic N) is 3. The fourth-order valence-corrected chi connectivity index (χ4v) is 2.83. The molecule has 2 unspecified atom stereocenters. The van der Waals surface area contributed by atoms with Gasteiger partial charge in [0.05, 0.1) is 17.8 Å². The molecule has 1 fully saturated rings. The summed E-state index contributed by atoms with van der Waals surface area (Å²) < 4.78 is 8.20. The summed E-state index contributed by atoms with van der Waals surface area (Å²) in [5.74, 6) is 5.62. The van der Waals surface area contributed by atoms with Crippen molar-refractivity contribution in [2.75, 3.05) is 6.61 Å². The van der Waals surface area contributed by atoms with Crippen molar-refractivity contribution in [1.82, 2.24) is 20.4 Å². The molecule has 0 radical (unpaired) electrons. The average molecular weight is 304 g/mol. The number of rotatable bonds is 4. The molecule has 1 saturated heterocycles. The van der Waals surface area contributed by atoms with Crippen molar-refractivity contribution in [2.45, 2.75) is 37.8 Å². The van der Waals surface area contributed by atoms with E-state index in [4.69, 9.17) is 10.6 Å². The molecule has 1 aliphatic heterocycles. The summed E-state index contributed by atoms with van der Waals surface area (Å²) in [6.07, 6.45) is 4.60. The van der Waals surface area contributed by atoms with Crippen LogP contribution in [0.2, 0.25) is 0 Å². The molecule has 0 aliphatic carbocycles. The van der Waals surface area contributed by atoms with E-state index in [1.165, 1.54) is 6.42 Å². The largest absolute Gasteiger partial charge is 0.378 e. The molecule has 1 aromatic rings. The normalized spacial score (nSPS) is 22.6. The van der Waals surface area contributed by atoms with Crippen molar-refractivity contribution in [3.8, 4) is 0 Å². The quantitative estimate of drug-likeness (QED) is 0.642. The number of hydrogen-bond donors (Lipinski definition) is 2. The lowest BCUT2D eigenvalue weighted by atomic mass is 10.0. The third-order valence-electron chi connectivity index (χ3n) is 3.13. The zero-order valence-electron chi connectivity index (χ0n) is 9.90. The smallest absolute Gasteiger partial charge is 0.153 e. The molecule has 0 aromatic carbocycles. The fraction of sp³-hybridized carbons (Fsp3) is 0.800. The number of halogens is 1. The van der Waals surface area contributed by atoms with Crippen LogP contribution < -0.4 is 11.3 Å². The third kappa shape index (κ3) is 3.04. The molecule has 2 heterocycles. The first-order valence-electron chi connectivity index (χ1n) is 5.85. The molecule has 0 saturated carbocycles. The van der Waals surface area contributed by atoms with Gasteiger partial charge in [-0.2, -0.15) is 0 Å². The lowest BCUT2D eigenvalue weighted by Gasteiger charge is -2.26. The number of aryl methyl sites for hydroxylation is 1. The van der Waals surface area contributed by atoms with Crippen LogP contribution >= 0.6 is 15.9 Å². The van der Waals surface area contributed by atoms with Crippen LogP contribution in [0.25, 0.3) is 0 Å². The van der Waals surface area contributed by atoms with E-state index in [-0.39, 0.29) is 12.1 Å². The number of nitrogens with one attached hydrogen (secondary N) is 1. The average Bonchev–Trinajstić information content (AvgIpc) is 2.68. The van der Waals surface area contributed by atoms with Gasteiger partial charge in [-0.1, -0.05) is 5.21 Å². The van der Waals surface area contributed by atoms with Crippen molar-refractivity contribution >= 4 is 15.9 Å². The van der Waals surface area contributed by atoms with Crippen LogP contribution in [0.3, 0.4) is 0 Å². The van der Waals surface area contributed by atoms with Gasteiger partial charge in [-0.25, -0.2) is 4.68 Å². The van der Waals surface area contributed by atoms with Crippen LogP contribution in [0.5, 0.6) is 0 Å². The molecular weight excluding hydrogens is 286 g/mol. The van der Waals surface area contributed by atoms with Gasteiger partial charge in [-0.15, -0.1) is 5.10 Å². The second-order valence-electron chi connectivity index (χ2n) is 4.33. The van der Waals surface area contributed by atoms with E-state index in [0.29, 0.717) is 0 Å². The van der Waals surface area contributed by atoms with E-state index in [0.717, 1.165) is 36.2 Å². The summed E-state index contributed by atoms with van der Waals surface area (Å²) in [7, 11) is 1.86. The highest BCUT2D eigenvalue weighted by Crippen LogP contribution is 2.27. The van der Waals surface area contributed by atoms with Crippen molar-refractivity contribution in [3.05, 3.63) is 10.3 Å². The number of hydrazine groups is 1. The van der Waals surface area contributed by atoms with Gasteiger partial charge in [-0.05, 0) is 41.6 Å². The minimum absolute atomic E-state index is 0.00692. The molecule has 0 spiro atoms. The predicted molar refractivity (Wildman–Crippen MR) is 67.0 cm³/mol. The first-order valence-corrected chi connectivity index (χ1v) is 6.64. The Morgan fingerprint density at radius 3 is 3.00 bits per heavy atom. The summed E-state index contributed by atoms with van der Waals surface area (Å²) in [5, 5.41) is 7.93. The lowest BCUT2D eigenvalue weighted by Crippen LogP contribution is -2.34. The Kier molecular flexibility index (Phi) is 4.49. The van der Waals surface area contributed by atoms with Crippen LogP contribution in [0.15, 0.2) is 4.60 Å². The highest BCUT2D eigenvalue weighted by molar-refractivity contribution is 9.10. The zero-order chi connectivity index (χ0) is 12.3. The monoisotopic (exact) mass is 303 g/mol. The van der Waals surface area contributed by atoms with Crippen molar-refractivity contribution in [2.24, 2.45) is 12.9 Å². The molecular formula is C10H18BrN5O. The summed E-state index contributed by atoms with van der Waals surface area (Å²) >= 11 is 3.39. The van der Waals surface area contributed by atoms with E-state index >= 15 is 0 Å². The van der Waals surface area contributed by atoms with Gasteiger partial charge in [0.25, 0.3) is 0 Å². The Morgan fingerprint density at radius 1 is 1.65 bits per heavy atom. The molecule has 96 valence electrons. The van der Waals surface area contributed by atoms with Crippen molar-refractivity contribution < 1.29 is 4.74 Å². The maximum absolute atomic E-state index is 5.73. The van der Waals surface area contributed by atoms with Gasteiger partial charge in [-0.3, -0.25) is 11.3 Å². The number of aromatic nitrogens is 3. The SMILES string of the molecule is Cn1nnc(Br)c1C(CC1CCCCO1)NN. The molecule has 1 aliphatic rings. The van der Waals surface area contributed by atoms with E-state index in [1.807, 2.05) is 7.05 Å². The number of hydrogen-bond acceptors (Lipinski definition) is 5. The molecule has 0 bridgehead atoms. The van der Waals surface area contributed by atoms with Gasteiger partial charge in [0, 0.05) is 13.7 Å². The summed E-state index contributed by atoms with van der Waals surface area (Å²) in [4.78, 5) is 0. The van der Waals surface area contributed by atoms with Gasteiger partial charge >= 0.3 is 0 Å². The molecule has 1 aromatic heterocycles. The highest BCUT2D eigenvalue weighted by atomic mass is 79.9.